The summed E-state index contributed by atoms with van der Waals surface area (Å²) in [4.78, 5) is 24.8. The molecule has 1 amide bonds. The van der Waals surface area contributed by atoms with Crippen LogP contribution in [0.4, 0.5) is 0 Å². The molecule has 0 aliphatic rings. The highest BCUT2D eigenvalue weighted by molar-refractivity contribution is 5.94. The van der Waals surface area contributed by atoms with Crippen LogP contribution < -0.4 is 10.9 Å². The van der Waals surface area contributed by atoms with Gasteiger partial charge in [0, 0.05) is 18.7 Å². The number of hydrogen-bond acceptors (Lipinski definition) is 4. The molecular weight excluding hydrogens is 224 g/mol. The Kier molecular flexibility index (Phi) is 3.90. The van der Waals surface area contributed by atoms with Crippen LogP contribution in [-0.4, -0.2) is 33.3 Å². The molecule has 17 heavy (non-hydrogen) atoms. The van der Waals surface area contributed by atoms with Gasteiger partial charge in [-0.25, -0.2) is 0 Å². The van der Waals surface area contributed by atoms with Crippen LogP contribution >= 0.6 is 0 Å². The molecule has 0 aromatic carbocycles. The van der Waals surface area contributed by atoms with Gasteiger partial charge in [-0.05, 0) is 13.3 Å². The maximum atomic E-state index is 11.6. The van der Waals surface area contributed by atoms with Crippen LogP contribution in [0.3, 0.4) is 0 Å². The highest BCUT2D eigenvalue weighted by Crippen LogP contribution is 2.08. The van der Waals surface area contributed by atoms with Crippen LogP contribution in [0.1, 0.15) is 30.6 Å². The fourth-order valence-electron chi connectivity index (χ4n) is 1.16. The van der Waals surface area contributed by atoms with Gasteiger partial charge in [0.1, 0.15) is 0 Å². The molecule has 0 fully saturated rings. The lowest BCUT2D eigenvalue weighted by atomic mass is 10.0. The minimum Gasteiger partial charge on any atom is -0.494 e. The second-order valence-corrected chi connectivity index (χ2v) is 4.15. The topological polar surface area (TPSA) is 102 Å². The molecule has 0 aliphatic heterocycles. The van der Waals surface area contributed by atoms with Crippen molar-refractivity contribution in [2.24, 2.45) is 0 Å². The zero-order valence-electron chi connectivity index (χ0n) is 9.78. The van der Waals surface area contributed by atoms with Crippen molar-refractivity contribution in [1.29, 1.82) is 0 Å². The van der Waals surface area contributed by atoms with Gasteiger partial charge >= 0.3 is 0 Å². The van der Waals surface area contributed by atoms with Gasteiger partial charge in [-0.3, -0.25) is 14.6 Å². The fourth-order valence-corrected chi connectivity index (χ4v) is 1.16. The van der Waals surface area contributed by atoms with E-state index in [2.05, 4.69) is 10.3 Å². The average Bonchev–Trinajstić information content (AvgIpc) is 2.24. The second-order valence-electron chi connectivity index (χ2n) is 4.15. The second kappa shape index (κ2) is 5.01. The third-order valence-corrected chi connectivity index (χ3v) is 2.48. The van der Waals surface area contributed by atoms with Crippen molar-refractivity contribution in [3.05, 3.63) is 28.0 Å². The highest BCUT2D eigenvalue weighted by Gasteiger charge is 2.19. The molecule has 6 heteroatoms. The molecule has 0 aliphatic carbocycles. The molecule has 94 valence electrons. The number of rotatable bonds is 4. The largest absolute Gasteiger partial charge is 0.494 e. The first-order chi connectivity index (χ1) is 7.84. The van der Waals surface area contributed by atoms with Gasteiger partial charge in [0.05, 0.1) is 11.2 Å². The van der Waals surface area contributed by atoms with E-state index in [1.54, 1.807) is 13.8 Å². The molecule has 0 saturated carbocycles. The Hall–Kier alpha value is -1.82. The highest BCUT2D eigenvalue weighted by atomic mass is 16.3. The third-order valence-electron chi connectivity index (χ3n) is 2.48. The van der Waals surface area contributed by atoms with E-state index in [1.165, 1.54) is 0 Å². The van der Waals surface area contributed by atoms with E-state index in [0.717, 1.165) is 12.1 Å². The van der Waals surface area contributed by atoms with Crippen LogP contribution in [0.2, 0.25) is 0 Å². The Morgan fingerprint density at radius 3 is 2.71 bits per heavy atom. The van der Waals surface area contributed by atoms with E-state index < -0.39 is 17.1 Å². The number of aliphatic hydroxyl groups is 1. The van der Waals surface area contributed by atoms with E-state index in [0.29, 0.717) is 6.42 Å². The molecule has 0 spiro atoms. The predicted octanol–water partition coefficient (Wildman–Crippen LogP) is -0.0287. The molecule has 1 aromatic heterocycles. The summed E-state index contributed by atoms with van der Waals surface area (Å²) in [7, 11) is 0. The van der Waals surface area contributed by atoms with E-state index in [9.17, 15) is 14.7 Å². The van der Waals surface area contributed by atoms with Gasteiger partial charge in [0.2, 0.25) is 0 Å². The van der Waals surface area contributed by atoms with Crippen molar-refractivity contribution >= 4 is 5.91 Å². The summed E-state index contributed by atoms with van der Waals surface area (Å²) in [6.07, 6.45) is 0.494. The van der Waals surface area contributed by atoms with E-state index >= 15 is 0 Å². The first-order valence-electron chi connectivity index (χ1n) is 5.28. The summed E-state index contributed by atoms with van der Waals surface area (Å²) >= 11 is 0. The lowest BCUT2D eigenvalue weighted by Crippen LogP contribution is -2.40. The number of H-pyrrole nitrogens is 1. The molecule has 1 heterocycles. The van der Waals surface area contributed by atoms with Crippen molar-refractivity contribution in [2.45, 2.75) is 25.9 Å². The maximum Gasteiger partial charge on any atom is 0.251 e. The Morgan fingerprint density at radius 2 is 2.18 bits per heavy atom. The Balaban J connectivity index is 2.74. The van der Waals surface area contributed by atoms with Crippen molar-refractivity contribution in [2.75, 3.05) is 6.54 Å². The summed E-state index contributed by atoms with van der Waals surface area (Å²) in [5, 5.41) is 21.3. The number of aromatic nitrogens is 1. The van der Waals surface area contributed by atoms with E-state index in [4.69, 9.17) is 5.11 Å². The van der Waals surface area contributed by atoms with Crippen LogP contribution in [0.25, 0.3) is 0 Å². The Morgan fingerprint density at radius 1 is 1.53 bits per heavy atom. The number of aromatic hydroxyl groups is 1. The molecule has 1 unspecified atom stereocenters. The summed E-state index contributed by atoms with van der Waals surface area (Å²) in [6.45, 7) is 3.48. The minimum absolute atomic E-state index is 0.0538. The van der Waals surface area contributed by atoms with Crippen LogP contribution in [-0.2, 0) is 0 Å². The number of amides is 1. The lowest BCUT2D eigenvalue weighted by molar-refractivity contribution is 0.0518. The number of nitrogens with one attached hydrogen (secondary N) is 2. The van der Waals surface area contributed by atoms with E-state index in [1.807, 2.05) is 0 Å². The molecule has 0 bridgehead atoms. The summed E-state index contributed by atoms with van der Waals surface area (Å²) in [5.74, 6) is -0.884. The van der Waals surface area contributed by atoms with Gasteiger partial charge in [0.15, 0.2) is 5.88 Å². The van der Waals surface area contributed by atoms with Gasteiger partial charge < -0.3 is 15.5 Å². The first-order valence-corrected chi connectivity index (χ1v) is 5.28. The predicted molar refractivity (Wildman–Crippen MR) is 62.0 cm³/mol. The molecule has 1 rings (SSSR count). The van der Waals surface area contributed by atoms with Gasteiger partial charge in [-0.15, -0.1) is 0 Å². The fraction of sp³-hybridized carbons (Fsp3) is 0.455. The summed E-state index contributed by atoms with van der Waals surface area (Å²) in [6, 6.07) is 2.23. The standard InChI is InChI=1S/C11H16N2O4/c1-3-11(2,17)6-12-10(16)7-4-8(14)13-9(15)5-7/h4-5,17H,3,6H2,1-2H3,(H,12,16)(H2,13,14,15). The van der Waals surface area contributed by atoms with Gasteiger partial charge in [0.25, 0.3) is 11.5 Å². The number of aromatic amines is 1. The Labute approximate surface area is 98.3 Å². The zero-order chi connectivity index (χ0) is 13.1. The monoisotopic (exact) mass is 240 g/mol. The summed E-state index contributed by atoms with van der Waals surface area (Å²) < 4.78 is 0. The quantitative estimate of drug-likeness (QED) is 0.593. The number of carbonyl (C=O) groups excluding carboxylic acids is 1. The van der Waals surface area contributed by atoms with Crippen molar-refractivity contribution < 1.29 is 15.0 Å². The van der Waals surface area contributed by atoms with Gasteiger partial charge in [-0.1, -0.05) is 6.92 Å². The van der Waals surface area contributed by atoms with Crippen molar-refractivity contribution in [3.8, 4) is 5.88 Å². The van der Waals surface area contributed by atoms with E-state index in [-0.39, 0.29) is 18.0 Å². The number of pyridine rings is 1. The molecule has 0 radical (unpaired) electrons. The molecular formula is C11H16N2O4. The van der Waals surface area contributed by atoms with Crippen molar-refractivity contribution in [1.82, 2.24) is 10.3 Å². The zero-order valence-corrected chi connectivity index (χ0v) is 9.78. The van der Waals surface area contributed by atoms with Crippen molar-refractivity contribution in [3.63, 3.8) is 0 Å². The number of carbonyl (C=O) groups is 1. The minimum atomic E-state index is -0.987. The molecule has 1 atom stereocenters. The molecule has 6 nitrogen and oxygen atoms in total. The molecule has 1 aromatic rings. The normalized spacial score (nSPS) is 14.1. The lowest BCUT2D eigenvalue weighted by Gasteiger charge is -2.21. The third kappa shape index (κ3) is 3.92. The SMILES string of the molecule is CCC(C)(O)CNC(=O)c1cc(O)[nH]c(=O)c1. The Bertz CT molecular complexity index is 465. The smallest absolute Gasteiger partial charge is 0.251 e. The number of hydrogen-bond donors (Lipinski definition) is 4. The molecule has 4 N–H and O–H groups in total. The average molecular weight is 240 g/mol. The van der Waals surface area contributed by atoms with Crippen LogP contribution in [0.5, 0.6) is 5.88 Å². The van der Waals surface area contributed by atoms with Crippen LogP contribution in [0.15, 0.2) is 16.9 Å². The molecule has 0 saturated heterocycles. The maximum absolute atomic E-state index is 11.6. The summed E-state index contributed by atoms with van der Waals surface area (Å²) in [5.41, 5.74) is -1.49. The van der Waals surface area contributed by atoms with Gasteiger partial charge in [-0.2, -0.15) is 0 Å². The first kappa shape index (κ1) is 13.2. The van der Waals surface area contributed by atoms with Crippen LogP contribution in [0, 0.1) is 0 Å².